The monoisotopic (exact) mass is 375 g/mol. The van der Waals surface area contributed by atoms with Crippen molar-refractivity contribution >= 4 is 5.91 Å². The van der Waals surface area contributed by atoms with Gasteiger partial charge >= 0.3 is 0 Å². The normalized spacial score (nSPS) is 21.1. The molecule has 5 heteroatoms. The molecule has 1 heterocycles. The number of methoxy groups -OCH3 is 1. The van der Waals surface area contributed by atoms with Crippen LogP contribution in [-0.4, -0.2) is 34.7 Å². The number of rotatable bonds is 5. The van der Waals surface area contributed by atoms with Crippen LogP contribution in [0.15, 0.2) is 67.1 Å². The lowest BCUT2D eigenvalue weighted by Gasteiger charge is -2.44. The molecule has 1 aliphatic rings. The molecule has 0 spiro atoms. The average Bonchev–Trinajstić information content (AvgIpc) is 3.17. The van der Waals surface area contributed by atoms with Crippen molar-refractivity contribution < 1.29 is 9.53 Å². The van der Waals surface area contributed by atoms with E-state index in [-0.39, 0.29) is 11.9 Å². The third-order valence-electron chi connectivity index (χ3n) is 5.71. The molecular weight excluding hydrogens is 350 g/mol. The lowest BCUT2D eigenvalue weighted by atomic mass is 9.76. The maximum atomic E-state index is 12.7. The van der Waals surface area contributed by atoms with Crippen molar-refractivity contribution in [2.75, 3.05) is 13.7 Å². The maximum Gasteiger partial charge on any atom is 0.251 e. The first kappa shape index (κ1) is 18.4. The minimum atomic E-state index is -0.550. The zero-order chi connectivity index (χ0) is 19.6. The smallest absolute Gasteiger partial charge is 0.251 e. The zero-order valence-electron chi connectivity index (χ0n) is 16.3. The minimum Gasteiger partial charge on any atom is -0.374 e. The molecule has 0 radical (unpaired) electrons. The third kappa shape index (κ3) is 3.45. The van der Waals surface area contributed by atoms with E-state index in [9.17, 15) is 4.79 Å². The number of aryl methyl sites for hydroxylation is 1. The third-order valence-corrected chi connectivity index (χ3v) is 5.71. The molecule has 0 aliphatic heterocycles. The molecule has 4 rings (SSSR count). The van der Waals surface area contributed by atoms with E-state index in [1.54, 1.807) is 7.11 Å². The molecule has 2 atom stereocenters. The summed E-state index contributed by atoms with van der Waals surface area (Å²) < 4.78 is 8.26. The van der Waals surface area contributed by atoms with Crippen LogP contribution < -0.4 is 5.32 Å². The van der Waals surface area contributed by atoms with Crippen LogP contribution in [0.2, 0.25) is 0 Å². The molecule has 0 saturated heterocycles. The second kappa shape index (κ2) is 7.60. The summed E-state index contributed by atoms with van der Waals surface area (Å²) in [6.45, 7) is 2.41. The lowest BCUT2D eigenvalue weighted by Crippen LogP contribution is -2.54. The number of fused-ring (bicyclic) bond motifs is 1. The van der Waals surface area contributed by atoms with Crippen molar-refractivity contribution in [3.8, 4) is 0 Å². The lowest BCUT2D eigenvalue weighted by molar-refractivity contribution is -0.0553. The largest absolute Gasteiger partial charge is 0.374 e. The molecule has 0 fully saturated rings. The highest BCUT2D eigenvalue weighted by atomic mass is 16.5. The molecule has 0 saturated carbocycles. The Hall–Kier alpha value is -2.92. The van der Waals surface area contributed by atoms with Crippen molar-refractivity contribution in [3.05, 3.63) is 89.5 Å². The number of amides is 1. The Balaban J connectivity index is 1.65. The van der Waals surface area contributed by atoms with Gasteiger partial charge in [0.15, 0.2) is 0 Å². The van der Waals surface area contributed by atoms with Crippen molar-refractivity contribution in [3.63, 3.8) is 0 Å². The fourth-order valence-corrected chi connectivity index (χ4v) is 4.13. The van der Waals surface area contributed by atoms with Crippen LogP contribution >= 0.6 is 0 Å². The van der Waals surface area contributed by atoms with Crippen molar-refractivity contribution in [2.45, 2.75) is 31.4 Å². The molecule has 1 aromatic heterocycles. The number of nitrogens with one attached hydrogen (secondary N) is 1. The summed E-state index contributed by atoms with van der Waals surface area (Å²) in [6, 6.07) is 17.8. The Morgan fingerprint density at radius 3 is 2.57 bits per heavy atom. The van der Waals surface area contributed by atoms with Gasteiger partial charge in [0.25, 0.3) is 5.91 Å². The molecule has 2 unspecified atom stereocenters. The van der Waals surface area contributed by atoms with Crippen molar-refractivity contribution in [1.29, 1.82) is 0 Å². The van der Waals surface area contributed by atoms with Crippen LogP contribution in [0.3, 0.4) is 0 Å². The Morgan fingerprint density at radius 1 is 1.18 bits per heavy atom. The van der Waals surface area contributed by atoms with Crippen molar-refractivity contribution in [1.82, 2.24) is 14.9 Å². The highest BCUT2D eigenvalue weighted by Gasteiger charge is 2.44. The SMILES string of the molecule is COC1(CNC(=O)c2ccccc2)Cc2ccccc2CC1n1cnc(C)c1. The summed E-state index contributed by atoms with van der Waals surface area (Å²) in [6.07, 6.45) is 5.48. The van der Waals surface area contributed by atoms with Crippen molar-refractivity contribution in [2.24, 2.45) is 0 Å². The van der Waals surface area contributed by atoms with Crippen LogP contribution in [0.1, 0.15) is 33.2 Å². The van der Waals surface area contributed by atoms with E-state index in [1.807, 2.05) is 49.8 Å². The number of carbonyl (C=O) groups excluding carboxylic acids is 1. The van der Waals surface area contributed by atoms with E-state index < -0.39 is 5.60 Å². The van der Waals surface area contributed by atoms with Gasteiger partial charge in [-0.15, -0.1) is 0 Å². The van der Waals surface area contributed by atoms with Gasteiger partial charge in [0.2, 0.25) is 0 Å². The van der Waals surface area contributed by atoms with Gasteiger partial charge in [0.1, 0.15) is 5.60 Å². The van der Waals surface area contributed by atoms with Crippen LogP contribution in [0.25, 0.3) is 0 Å². The number of hydrogen-bond acceptors (Lipinski definition) is 3. The topological polar surface area (TPSA) is 56.1 Å². The van der Waals surface area contributed by atoms with Gasteiger partial charge in [-0.3, -0.25) is 4.79 Å². The molecule has 5 nitrogen and oxygen atoms in total. The number of imidazole rings is 1. The number of nitrogens with zero attached hydrogens (tertiary/aromatic N) is 2. The summed E-state index contributed by atoms with van der Waals surface area (Å²) in [5.41, 5.74) is 3.66. The maximum absolute atomic E-state index is 12.7. The molecule has 2 aromatic carbocycles. The molecule has 1 N–H and O–H groups in total. The molecule has 1 amide bonds. The Morgan fingerprint density at radius 2 is 1.89 bits per heavy atom. The van der Waals surface area contributed by atoms with Gasteiger partial charge in [-0.1, -0.05) is 42.5 Å². The predicted octanol–water partition coefficient (Wildman–Crippen LogP) is 3.35. The Bertz CT molecular complexity index is 967. The first-order chi connectivity index (χ1) is 13.6. The van der Waals surface area contributed by atoms with E-state index in [0.717, 1.165) is 18.5 Å². The highest BCUT2D eigenvalue weighted by Crippen LogP contribution is 2.39. The Kier molecular flexibility index (Phi) is 5.01. The molecule has 144 valence electrons. The molecule has 28 heavy (non-hydrogen) atoms. The molecule has 0 bridgehead atoms. The summed E-state index contributed by atoms with van der Waals surface area (Å²) in [4.78, 5) is 17.1. The van der Waals surface area contributed by atoms with Gasteiger partial charge in [0.05, 0.1) is 18.1 Å². The molecule has 1 aliphatic carbocycles. The highest BCUT2D eigenvalue weighted by molar-refractivity contribution is 5.94. The van der Waals surface area contributed by atoms with E-state index in [0.29, 0.717) is 12.1 Å². The van der Waals surface area contributed by atoms with E-state index in [1.165, 1.54) is 11.1 Å². The number of carbonyl (C=O) groups is 1. The predicted molar refractivity (Wildman–Crippen MR) is 108 cm³/mol. The minimum absolute atomic E-state index is 0.0460. The zero-order valence-corrected chi connectivity index (χ0v) is 16.3. The fourth-order valence-electron chi connectivity index (χ4n) is 4.13. The van der Waals surface area contributed by atoms with Gasteiger partial charge < -0.3 is 14.6 Å². The summed E-state index contributed by atoms with van der Waals surface area (Å²) in [5, 5.41) is 3.10. The van der Waals surface area contributed by atoms with Gasteiger partial charge in [-0.2, -0.15) is 0 Å². The van der Waals surface area contributed by atoms with Gasteiger partial charge in [0, 0.05) is 31.8 Å². The van der Waals surface area contributed by atoms with Crippen LogP contribution in [0.4, 0.5) is 0 Å². The van der Waals surface area contributed by atoms with Crippen LogP contribution in [0, 0.1) is 6.92 Å². The second-order valence-electron chi connectivity index (χ2n) is 7.45. The number of benzene rings is 2. The fraction of sp³-hybridized carbons (Fsp3) is 0.304. The number of ether oxygens (including phenoxy) is 1. The second-order valence-corrected chi connectivity index (χ2v) is 7.45. The average molecular weight is 375 g/mol. The van der Waals surface area contributed by atoms with E-state index >= 15 is 0 Å². The standard InChI is InChI=1S/C23H25N3O2/c1-17-14-26(16-25-17)21-12-19-10-6-7-11-20(19)13-23(21,28-2)15-24-22(27)18-8-4-3-5-9-18/h3-11,14,16,21H,12-13,15H2,1-2H3,(H,24,27). The van der Waals surface area contributed by atoms with Gasteiger partial charge in [-0.25, -0.2) is 4.98 Å². The van der Waals surface area contributed by atoms with Crippen LogP contribution in [-0.2, 0) is 17.6 Å². The van der Waals surface area contributed by atoms with E-state index in [4.69, 9.17) is 4.74 Å². The first-order valence-electron chi connectivity index (χ1n) is 9.56. The molecule has 3 aromatic rings. The first-order valence-corrected chi connectivity index (χ1v) is 9.56. The van der Waals surface area contributed by atoms with E-state index in [2.05, 4.69) is 39.1 Å². The quantitative estimate of drug-likeness (QED) is 0.744. The number of hydrogen-bond donors (Lipinski definition) is 1. The molecular formula is C23H25N3O2. The summed E-state index contributed by atoms with van der Waals surface area (Å²) in [5.74, 6) is -0.0866. The summed E-state index contributed by atoms with van der Waals surface area (Å²) >= 11 is 0. The van der Waals surface area contributed by atoms with Gasteiger partial charge in [-0.05, 0) is 36.6 Å². The van der Waals surface area contributed by atoms with Crippen LogP contribution in [0.5, 0.6) is 0 Å². The Labute approximate surface area is 165 Å². The number of aromatic nitrogens is 2. The summed E-state index contributed by atoms with van der Waals surface area (Å²) in [7, 11) is 1.74.